The highest BCUT2D eigenvalue weighted by atomic mass is 16.5. The molecule has 0 spiro atoms. The van der Waals surface area contributed by atoms with E-state index in [2.05, 4.69) is 15.5 Å². The smallest absolute Gasteiger partial charge is 0.127 e. The van der Waals surface area contributed by atoms with Crippen molar-refractivity contribution in [3.63, 3.8) is 0 Å². The monoisotopic (exact) mass is 358 g/mol. The maximum atomic E-state index is 9.90. The summed E-state index contributed by atoms with van der Waals surface area (Å²) in [5, 5.41) is 17.1. The van der Waals surface area contributed by atoms with Crippen LogP contribution in [0.5, 0.6) is 5.75 Å². The van der Waals surface area contributed by atoms with Crippen molar-refractivity contribution in [3.05, 3.63) is 29.8 Å². The first-order valence-corrected chi connectivity index (χ1v) is 9.63. The molecular weight excluding hydrogens is 332 g/mol. The summed E-state index contributed by atoms with van der Waals surface area (Å²) in [6, 6.07) is 7.38. The number of benzene rings is 1. The summed E-state index contributed by atoms with van der Waals surface area (Å²) >= 11 is 0. The molecule has 26 heavy (non-hydrogen) atoms. The van der Waals surface area contributed by atoms with Crippen LogP contribution in [-0.2, 0) is 9.47 Å². The van der Waals surface area contributed by atoms with E-state index in [0.717, 1.165) is 51.3 Å². The van der Waals surface area contributed by atoms with Crippen LogP contribution >= 0.6 is 0 Å². The van der Waals surface area contributed by atoms with E-state index in [4.69, 9.17) is 14.5 Å². The van der Waals surface area contributed by atoms with Gasteiger partial charge in [-0.05, 0) is 37.1 Å². The van der Waals surface area contributed by atoms with Gasteiger partial charge in [0.15, 0.2) is 0 Å². The Morgan fingerprint density at radius 3 is 2.96 bits per heavy atom. The first kappa shape index (κ1) is 16.6. The van der Waals surface area contributed by atoms with Gasteiger partial charge in [0.2, 0.25) is 0 Å². The van der Waals surface area contributed by atoms with Gasteiger partial charge in [-0.15, -0.1) is 0 Å². The number of hydrogen-bond acceptors (Lipinski definition) is 7. The fraction of sp³-hybridized carbons (Fsp3) is 0.632. The average Bonchev–Trinajstić information content (AvgIpc) is 3.06. The molecule has 3 saturated heterocycles. The molecule has 0 bridgehead atoms. The largest absolute Gasteiger partial charge is 0.508 e. The Morgan fingerprint density at radius 1 is 1.23 bits per heavy atom. The van der Waals surface area contributed by atoms with E-state index in [1.165, 1.54) is 5.71 Å². The third-order valence-corrected chi connectivity index (χ3v) is 5.89. The molecule has 4 aliphatic rings. The van der Waals surface area contributed by atoms with Gasteiger partial charge in [0.1, 0.15) is 24.2 Å². The quantitative estimate of drug-likeness (QED) is 0.727. The van der Waals surface area contributed by atoms with Crippen molar-refractivity contribution < 1.29 is 14.6 Å². The summed E-state index contributed by atoms with van der Waals surface area (Å²) < 4.78 is 11.9. The second-order valence-corrected chi connectivity index (χ2v) is 7.49. The van der Waals surface area contributed by atoms with E-state index in [1.54, 1.807) is 12.1 Å². The topological polar surface area (TPSA) is 78.4 Å². The number of piperidine rings is 1. The Bertz CT molecular complexity index is 691. The van der Waals surface area contributed by atoms with Gasteiger partial charge >= 0.3 is 0 Å². The van der Waals surface area contributed by atoms with Crippen molar-refractivity contribution in [2.24, 2.45) is 10.9 Å². The number of nitrogens with zero attached hydrogens (tertiary/aromatic N) is 2. The molecular formula is C19H26N4O3. The zero-order chi connectivity index (χ0) is 17.5. The van der Waals surface area contributed by atoms with Gasteiger partial charge < -0.3 is 14.6 Å². The van der Waals surface area contributed by atoms with Gasteiger partial charge in [-0.1, -0.05) is 12.1 Å². The number of hydrogen-bond donors (Lipinski definition) is 3. The maximum Gasteiger partial charge on any atom is 0.127 e. The normalized spacial score (nSPS) is 37.7. The molecule has 5 rings (SSSR count). The van der Waals surface area contributed by atoms with Gasteiger partial charge in [0.25, 0.3) is 0 Å². The lowest BCUT2D eigenvalue weighted by molar-refractivity contribution is -0.0656. The Morgan fingerprint density at radius 2 is 2.12 bits per heavy atom. The number of nitrogens with one attached hydrogen (secondary N) is 2. The lowest BCUT2D eigenvalue weighted by Crippen LogP contribution is -2.60. The number of phenols is 1. The van der Waals surface area contributed by atoms with Crippen LogP contribution in [-0.4, -0.2) is 67.1 Å². The molecule has 0 saturated carbocycles. The molecule has 0 radical (unpaired) electrons. The van der Waals surface area contributed by atoms with E-state index >= 15 is 0 Å². The number of rotatable bonds is 2. The van der Waals surface area contributed by atoms with Crippen LogP contribution < -0.4 is 10.6 Å². The minimum Gasteiger partial charge on any atom is -0.508 e. The molecule has 7 heteroatoms. The van der Waals surface area contributed by atoms with E-state index in [9.17, 15) is 5.11 Å². The molecule has 3 N–H and O–H groups in total. The Kier molecular flexibility index (Phi) is 4.42. The number of ether oxygens (including phenoxy) is 2. The van der Waals surface area contributed by atoms with E-state index in [-0.39, 0.29) is 30.4 Å². The Balaban J connectivity index is 1.50. The lowest BCUT2D eigenvalue weighted by atomic mass is 9.90. The molecule has 0 aromatic heterocycles. The van der Waals surface area contributed by atoms with Crippen molar-refractivity contribution in [1.82, 2.24) is 15.5 Å². The Hall–Kier alpha value is -1.51. The van der Waals surface area contributed by atoms with Crippen LogP contribution in [0.25, 0.3) is 0 Å². The number of fused-ring (bicyclic) bond motifs is 3. The minimum absolute atomic E-state index is 0.0257. The van der Waals surface area contributed by atoms with Gasteiger partial charge in [-0.2, -0.15) is 0 Å². The van der Waals surface area contributed by atoms with Crippen molar-refractivity contribution in [2.75, 3.05) is 32.8 Å². The molecule has 4 heterocycles. The molecule has 0 aliphatic carbocycles. The summed E-state index contributed by atoms with van der Waals surface area (Å²) in [6.45, 7) is 4.28. The standard InChI is InChI=1S/C19H26N4O3/c24-13-4-1-3-12(11-13)17-21-15-14-5-2-6-20-19(14)26-16(15)18(22-17)23-7-9-25-10-8-23/h1,3-4,11,14,16-20,22,24H,2,5-10H2. The SMILES string of the molecule is Oc1cccc(C2N=C3C4CCCNC4OC3C(N3CCOCC3)N2)c1. The summed E-state index contributed by atoms with van der Waals surface area (Å²) in [5.41, 5.74) is 2.16. The van der Waals surface area contributed by atoms with Crippen molar-refractivity contribution in [2.45, 2.75) is 37.5 Å². The van der Waals surface area contributed by atoms with Crippen molar-refractivity contribution in [3.8, 4) is 5.75 Å². The number of aromatic hydroxyl groups is 1. The molecule has 3 fully saturated rings. The summed E-state index contributed by atoms with van der Waals surface area (Å²) in [4.78, 5) is 7.47. The number of phenolic OH excluding ortho intramolecular Hbond substituents is 1. The lowest BCUT2D eigenvalue weighted by Gasteiger charge is -2.42. The van der Waals surface area contributed by atoms with Crippen molar-refractivity contribution in [1.29, 1.82) is 0 Å². The molecule has 1 aromatic rings. The van der Waals surface area contributed by atoms with Crippen LogP contribution in [0.4, 0.5) is 0 Å². The Labute approximate surface area is 153 Å². The van der Waals surface area contributed by atoms with Crippen molar-refractivity contribution >= 4 is 5.71 Å². The average molecular weight is 358 g/mol. The number of morpholine rings is 1. The van der Waals surface area contributed by atoms with E-state index in [1.807, 2.05) is 12.1 Å². The highest BCUT2D eigenvalue weighted by Crippen LogP contribution is 2.37. The first-order valence-electron chi connectivity index (χ1n) is 9.63. The molecule has 4 aliphatic heterocycles. The third kappa shape index (κ3) is 2.93. The number of aliphatic imine (C=N–C) groups is 1. The molecule has 1 aromatic carbocycles. The molecule has 7 nitrogen and oxygen atoms in total. The molecule has 5 unspecified atom stereocenters. The van der Waals surface area contributed by atoms with Gasteiger partial charge in [-0.25, -0.2) is 0 Å². The summed E-state index contributed by atoms with van der Waals surface area (Å²) in [6.07, 6.45) is 2.23. The predicted octanol–water partition coefficient (Wildman–Crippen LogP) is 0.818. The molecule has 0 amide bonds. The fourth-order valence-corrected chi connectivity index (χ4v) is 4.60. The van der Waals surface area contributed by atoms with Crippen LogP contribution in [0.2, 0.25) is 0 Å². The van der Waals surface area contributed by atoms with Gasteiger partial charge in [-0.3, -0.25) is 20.5 Å². The molecule has 140 valence electrons. The summed E-state index contributed by atoms with van der Waals surface area (Å²) in [7, 11) is 0. The van der Waals surface area contributed by atoms with Crippen LogP contribution in [0.1, 0.15) is 24.6 Å². The highest BCUT2D eigenvalue weighted by Gasteiger charge is 2.50. The third-order valence-electron chi connectivity index (χ3n) is 5.89. The minimum atomic E-state index is -0.162. The first-order chi connectivity index (χ1) is 12.8. The van der Waals surface area contributed by atoms with E-state index in [0.29, 0.717) is 5.92 Å². The van der Waals surface area contributed by atoms with Crippen LogP contribution in [0.3, 0.4) is 0 Å². The van der Waals surface area contributed by atoms with E-state index < -0.39 is 0 Å². The highest BCUT2D eigenvalue weighted by molar-refractivity contribution is 5.94. The predicted molar refractivity (Wildman–Crippen MR) is 97.0 cm³/mol. The maximum absolute atomic E-state index is 9.90. The second-order valence-electron chi connectivity index (χ2n) is 7.49. The van der Waals surface area contributed by atoms with Gasteiger partial charge in [0.05, 0.1) is 25.1 Å². The van der Waals surface area contributed by atoms with Gasteiger partial charge in [0, 0.05) is 19.0 Å². The zero-order valence-electron chi connectivity index (χ0n) is 14.8. The summed E-state index contributed by atoms with van der Waals surface area (Å²) in [5.74, 6) is 0.619. The zero-order valence-corrected chi connectivity index (χ0v) is 14.8. The second kappa shape index (κ2) is 6.90. The van der Waals surface area contributed by atoms with Crippen LogP contribution in [0, 0.1) is 5.92 Å². The molecule has 5 atom stereocenters. The van der Waals surface area contributed by atoms with Crippen LogP contribution in [0.15, 0.2) is 29.3 Å². The fourth-order valence-electron chi connectivity index (χ4n) is 4.60.